The van der Waals surface area contributed by atoms with Gasteiger partial charge in [-0.3, -0.25) is 14.4 Å². The molecule has 104 valence electrons. The Bertz CT molecular complexity index is 756. The summed E-state index contributed by atoms with van der Waals surface area (Å²) in [6.45, 7) is 2.79. The molecule has 20 heavy (non-hydrogen) atoms. The highest BCUT2D eigenvalue weighted by Gasteiger charge is 2.15. The molecule has 0 saturated heterocycles. The van der Waals surface area contributed by atoms with Crippen LogP contribution in [0, 0.1) is 6.92 Å². The number of hydrogen-bond donors (Lipinski definition) is 1. The molecule has 6 heteroatoms. The summed E-state index contributed by atoms with van der Waals surface area (Å²) >= 11 is 0. The second-order valence-electron chi connectivity index (χ2n) is 4.29. The molecule has 0 unspecified atom stereocenters. The van der Waals surface area contributed by atoms with Gasteiger partial charge in [-0.25, -0.2) is 0 Å². The fraction of sp³-hybridized carbons (Fsp3) is 0.214. The number of rotatable bonds is 3. The lowest BCUT2D eigenvalue weighted by Gasteiger charge is -2.06. The zero-order chi connectivity index (χ0) is 14.9. The molecule has 0 aliphatic heterocycles. The minimum atomic E-state index is -1.10. The molecule has 0 radical (unpaired) electrons. The van der Waals surface area contributed by atoms with Gasteiger partial charge in [0.2, 0.25) is 0 Å². The highest BCUT2D eigenvalue weighted by molar-refractivity contribution is 5.81. The normalized spacial score (nSPS) is 10.5. The highest BCUT2D eigenvalue weighted by Crippen LogP contribution is 2.21. The minimum Gasteiger partial charge on any atom is -0.481 e. The average Bonchev–Trinajstić information content (AvgIpc) is 2.33. The first-order valence-corrected chi connectivity index (χ1v) is 5.85. The van der Waals surface area contributed by atoms with Gasteiger partial charge in [0.15, 0.2) is 5.43 Å². The summed E-state index contributed by atoms with van der Waals surface area (Å²) < 4.78 is 10.3. The molecule has 0 spiro atoms. The van der Waals surface area contributed by atoms with Crippen molar-refractivity contribution in [3.8, 4) is 5.75 Å². The maximum Gasteiger partial charge on any atom is 0.308 e. The Balaban J connectivity index is 2.60. The van der Waals surface area contributed by atoms with Crippen molar-refractivity contribution >= 4 is 22.9 Å². The first-order valence-electron chi connectivity index (χ1n) is 5.85. The molecule has 1 aromatic carbocycles. The molecule has 0 bridgehead atoms. The van der Waals surface area contributed by atoms with Crippen molar-refractivity contribution in [2.45, 2.75) is 20.3 Å². The Kier molecular flexibility index (Phi) is 3.56. The highest BCUT2D eigenvalue weighted by atomic mass is 16.5. The molecular weight excluding hydrogens is 264 g/mol. The van der Waals surface area contributed by atoms with Crippen LogP contribution in [0.4, 0.5) is 0 Å². The number of hydrogen-bond acceptors (Lipinski definition) is 5. The van der Waals surface area contributed by atoms with Crippen molar-refractivity contribution in [1.29, 1.82) is 0 Å². The summed E-state index contributed by atoms with van der Waals surface area (Å²) in [5.74, 6) is -1.08. The predicted octanol–water partition coefficient (Wildman–Crippen LogP) is 1.65. The van der Waals surface area contributed by atoms with Gasteiger partial charge in [-0.2, -0.15) is 0 Å². The van der Waals surface area contributed by atoms with Crippen LogP contribution in [-0.4, -0.2) is 17.0 Å². The summed E-state index contributed by atoms with van der Waals surface area (Å²) in [6.07, 6.45) is -0.393. The molecule has 6 nitrogen and oxygen atoms in total. The molecule has 1 aromatic heterocycles. The molecule has 1 N–H and O–H groups in total. The molecule has 0 amide bonds. The zero-order valence-corrected chi connectivity index (χ0v) is 10.9. The summed E-state index contributed by atoms with van der Waals surface area (Å²) in [7, 11) is 0. The van der Waals surface area contributed by atoms with Gasteiger partial charge >= 0.3 is 11.9 Å². The molecule has 0 atom stereocenters. The average molecular weight is 276 g/mol. The van der Waals surface area contributed by atoms with E-state index < -0.39 is 18.4 Å². The van der Waals surface area contributed by atoms with E-state index >= 15 is 0 Å². The van der Waals surface area contributed by atoms with Gasteiger partial charge in [0.25, 0.3) is 0 Å². The van der Waals surface area contributed by atoms with Crippen LogP contribution in [0.2, 0.25) is 0 Å². The van der Waals surface area contributed by atoms with Gasteiger partial charge in [0, 0.05) is 18.6 Å². The van der Waals surface area contributed by atoms with E-state index in [9.17, 15) is 14.4 Å². The Morgan fingerprint density at radius 1 is 1.35 bits per heavy atom. The molecule has 1 heterocycles. The quantitative estimate of drug-likeness (QED) is 0.676. The fourth-order valence-electron chi connectivity index (χ4n) is 1.91. The van der Waals surface area contributed by atoms with Crippen molar-refractivity contribution < 1.29 is 23.8 Å². The van der Waals surface area contributed by atoms with Crippen molar-refractivity contribution in [2.75, 3.05) is 0 Å². The van der Waals surface area contributed by atoms with E-state index in [0.29, 0.717) is 0 Å². The molecule has 0 saturated carbocycles. The minimum absolute atomic E-state index is 0.116. The Labute approximate surface area is 113 Å². The SMILES string of the molecule is CC(=O)Oc1ccc2c(=O)c(CC(=O)O)c(C)oc2c1. The molecule has 0 aliphatic rings. The number of carbonyl (C=O) groups is 2. The molecule has 2 aromatic rings. The van der Waals surface area contributed by atoms with E-state index in [0.717, 1.165) is 0 Å². The van der Waals surface area contributed by atoms with Gasteiger partial charge < -0.3 is 14.3 Å². The third-order valence-electron chi connectivity index (χ3n) is 2.75. The van der Waals surface area contributed by atoms with Crippen LogP contribution in [-0.2, 0) is 16.0 Å². The maximum atomic E-state index is 12.2. The van der Waals surface area contributed by atoms with Crippen molar-refractivity contribution in [2.24, 2.45) is 0 Å². The summed E-state index contributed by atoms with van der Waals surface area (Å²) in [4.78, 5) is 33.8. The number of carboxylic acid groups (broad SMARTS) is 1. The van der Waals surface area contributed by atoms with Crippen LogP contribution in [0.3, 0.4) is 0 Å². The molecule has 2 rings (SSSR count). The largest absolute Gasteiger partial charge is 0.481 e. The first kappa shape index (κ1) is 13.8. The number of carboxylic acids is 1. The van der Waals surface area contributed by atoms with Crippen LogP contribution in [0.1, 0.15) is 18.2 Å². The number of fused-ring (bicyclic) bond motifs is 1. The topological polar surface area (TPSA) is 93.8 Å². The van der Waals surface area contributed by atoms with Crippen molar-refractivity contribution in [3.05, 3.63) is 39.7 Å². The lowest BCUT2D eigenvalue weighted by atomic mass is 10.1. The third-order valence-corrected chi connectivity index (χ3v) is 2.75. The standard InChI is InChI=1S/C14H12O6/c1-7-11(6-13(16)17)14(18)10-4-3-9(20-8(2)15)5-12(10)19-7/h3-5H,6H2,1-2H3,(H,16,17). The van der Waals surface area contributed by atoms with Gasteiger partial charge in [0.05, 0.1) is 11.8 Å². The Morgan fingerprint density at radius 2 is 2.05 bits per heavy atom. The lowest BCUT2D eigenvalue weighted by molar-refractivity contribution is -0.136. The lowest BCUT2D eigenvalue weighted by Crippen LogP contribution is -2.15. The molecule has 0 aliphatic carbocycles. The van der Waals surface area contributed by atoms with Gasteiger partial charge in [0.1, 0.15) is 17.1 Å². The predicted molar refractivity (Wildman–Crippen MR) is 69.9 cm³/mol. The number of benzene rings is 1. The van der Waals surface area contributed by atoms with Crippen LogP contribution >= 0.6 is 0 Å². The monoisotopic (exact) mass is 276 g/mol. The Morgan fingerprint density at radius 3 is 2.65 bits per heavy atom. The fourth-order valence-corrected chi connectivity index (χ4v) is 1.91. The molecule has 0 fully saturated rings. The van der Waals surface area contributed by atoms with E-state index in [1.807, 2.05) is 0 Å². The Hall–Kier alpha value is -2.63. The number of aryl methyl sites for hydroxylation is 1. The number of carbonyl (C=O) groups excluding carboxylic acids is 1. The van der Waals surface area contributed by atoms with E-state index in [-0.39, 0.29) is 33.5 Å². The van der Waals surface area contributed by atoms with E-state index in [4.69, 9.17) is 14.3 Å². The zero-order valence-electron chi connectivity index (χ0n) is 10.9. The first-order chi connectivity index (χ1) is 9.38. The maximum absolute atomic E-state index is 12.2. The number of ether oxygens (including phenoxy) is 1. The number of esters is 1. The van der Waals surface area contributed by atoms with E-state index in [2.05, 4.69) is 0 Å². The van der Waals surface area contributed by atoms with Crippen LogP contribution < -0.4 is 10.2 Å². The third kappa shape index (κ3) is 2.69. The second-order valence-corrected chi connectivity index (χ2v) is 4.29. The van der Waals surface area contributed by atoms with Crippen LogP contribution in [0.25, 0.3) is 11.0 Å². The van der Waals surface area contributed by atoms with Crippen molar-refractivity contribution in [3.63, 3.8) is 0 Å². The summed E-state index contributed by atoms with van der Waals surface area (Å²) in [6, 6.07) is 4.33. The van der Waals surface area contributed by atoms with Crippen molar-refractivity contribution in [1.82, 2.24) is 0 Å². The summed E-state index contributed by atoms with van der Waals surface area (Å²) in [5.41, 5.74) is -0.0221. The molecular formula is C14H12O6. The second kappa shape index (κ2) is 5.16. The van der Waals surface area contributed by atoms with Gasteiger partial charge in [-0.1, -0.05) is 0 Å². The smallest absolute Gasteiger partial charge is 0.308 e. The number of aliphatic carboxylic acids is 1. The van der Waals surface area contributed by atoms with E-state index in [1.165, 1.54) is 32.0 Å². The van der Waals surface area contributed by atoms with Crippen LogP contribution in [0.5, 0.6) is 5.75 Å². The van der Waals surface area contributed by atoms with Gasteiger partial charge in [-0.15, -0.1) is 0 Å². The van der Waals surface area contributed by atoms with Crippen LogP contribution in [0.15, 0.2) is 27.4 Å². The van der Waals surface area contributed by atoms with E-state index in [1.54, 1.807) is 0 Å². The summed E-state index contributed by atoms with van der Waals surface area (Å²) in [5, 5.41) is 9.05. The van der Waals surface area contributed by atoms with Gasteiger partial charge in [-0.05, 0) is 19.1 Å².